The summed E-state index contributed by atoms with van der Waals surface area (Å²) in [6.45, 7) is 0.711. The molecule has 6 aromatic carbocycles. The van der Waals surface area contributed by atoms with E-state index in [0.29, 0.717) is 6.54 Å². The summed E-state index contributed by atoms with van der Waals surface area (Å²) in [6, 6.07) is 50.8. The van der Waals surface area contributed by atoms with Gasteiger partial charge in [0.15, 0.2) is 0 Å². The molecule has 0 spiro atoms. The van der Waals surface area contributed by atoms with Crippen molar-refractivity contribution in [2.24, 2.45) is 4.99 Å². The van der Waals surface area contributed by atoms with Gasteiger partial charge in [0.1, 0.15) is 17.3 Å². The van der Waals surface area contributed by atoms with E-state index < -0.39 is 0 Å². The molecular formula is C39H29N3O. The van der Waals surface area contributed by atoms with Crippen molar-refractivity contribution in [3.63, 3.8) is 0 Å². The van der Waals surface area contributed by atoms with Crippen LogP contribution < -0.4 is 5.32 Å². The Bertz CT molecular complexity index is 2240. The fourth-order valence-electron chi connectivity index (χ4n) is 6.07. The lowest BCUT2D eigenvalue weighted by atomic mass is 10.1. The summed E-state index contributed by atoms with van der Waals surface area (Å²) in [5.41, 5.74) is 8.62. The van der Waals surface area contributed by atoms with Gasteiger partial charge in [-0.05, 0) is 53.1 Å². The summed E-state index contributed by atoms with van der Waals surface area (Å²) >= 11 is 0. The maximum absolute atomic E-state index is 6.27. The summed E-state index contributed by atoms with van der Waals surface area (Å²) in [4.78, 5) is 5.04. The first kappa shape index (κ1) is 25.3. The molecule has 0 bridgehead atoms. The molecule has 0 radical (unpaired) electrons. The molecular weight excluding hydrogens is 526 g/mol. The Hall–Kier alpha value is -5.45. The first-order valence-corrected chi connectivity index (χ1v) is 14.6. The van der Waals surface area contributed by atoms with Gasteiger partial charge in [0.05, 0.1) is 11.0 Å². The van der Waals surface area contributed by atoms with Crippen LogP contribution in [-0.4, -0.2) is 10.8 Å². The zero-order valence-corrected chi connectivity index (χ0v) is 23.5. The van der Waals surface area contributed by atoms with Gasteiger partial charge < -0.3 is 8.98 Å². The van der Waals surface area contributed by atoms with E-state index in [0.717, 1.165) is 49.8 Å². The number of aromatic nitrogens is 1. The van der Waals surface area contributed by atoms with Gasteiger partial charge in [0.25, 0.3) is 0 Å². The highest BCUT2D eigenvalue weighted by Gasteiger charge is 2.17. The Kier molecular flexibility index (Phi) is 6.32. The summed E-state index contributed by atoms with van der Waals surface area (Å²) in [6.07, 6.45) is 1.73. The van der Waals surface area contributed by atoms with E-state index in [1.807, 2.05) is 42.6 Å². The highest BCUT2D eigenvalue weighted by Crippen LogP contribution is 2.38. The van der Waals surface area contributed by atoms with Crippen molar-refractivity contribution in [3.8, 4) is 5.69 Å². The van der Waals surface area contributed by atoms with E-state index in [-0.39, 0.29) is 6.17 Å². The van der Waals surface area contributed by atoms with Crippen LogP contribution in [0.15, 0.2) is 155 Å². The van der Waals surface area contributed by atoms with Crippen molar-refractivity contribution in [2.75, 3.05) is 0 Å². The molecule has 2 heterocycles. The third-order valence-corrected chi connectivity index (χ3v) is 8.13. The monoisotopic (exact) mass is 555 g/mol. The minimum atomic E-state index is -0.224. The molecule has 206 valence electrons. The van der Waals surface area contributed by atoms with E-state index in [9.17, 15) is 0 Å². The molecule has 4 nitrogen and oxygen atoms in total. The standard InChI is InChI=1S/C39H29N3O/c1-3-12-27(13-4-1)25-40-39(41-26-28-14-5-2-6-15-28)29-16-11-17-30(22-29)42-35-20-9-7-18-31(35)33-24-38-34(23-36(33)42)32-19-8-10-21-37(32)43-38/h1-25,39,41H,26H2/b40-25+. The molecule has 0 saturated carbocycles. The summed E-state index contributed by atoms with van der Waals surface area (Å²) < 4.78 is 8.63. The number of rotatable bonds is 7. The number of para-hydroxylation sites is 2. The smallest absolute Gasteiger partial charge is 0.136 e. The number of hydrogen-bond donors (Lipinski definition) is 1. The molecule has 0 amide bonds. The van der Waals surface area contributed by atoms with Crippen molar-refractivity contribution >= 4 is 50.0 Å². The zero-order chi connectivity index (χ0) is 28.6. The minimum absolute atomic E-state index is 0.224. The Morgan fingerprint density at radius 1 is 0.605 bits per heavy atom. The van der Waals surface area contributed by atoms with Crippen LogP contribution in [0.5, 0.6) is 0 Å². The van der Waals surface area contributed by atoms with Gasteiger partial charge in [-0.15, -0.1) is 0 Å². The van der Waals surface area contributed by atoms with Gasteiger partial charge in [-0.3, -0.25) is 10.3 Å². The van der Waals surface area contributed by atoms with Crippen molar-refractivity contribution in [1.82, 2.24) is 9.88 Å². The van der Waals surface area contributed by atoms with Crippen LogP contribution in [0.1, 0.15) is 22.9 Å². The van der Waals surface area contributed by atoms with Crippen molar-refractivity contribution < 1.29 is 4.42 Å². The maximum Gasteiger partial charge on any atom is 0.136 e. The molecule has 1 unspecified atom stereocenters. The number of furan rings is 1. The van der Waals surface area contributed by atoms with Gasteiger partial charge in [0.2, 0.25) is 0 Å². The van der Waals surface area contributed by atoms with E-state index in [2.05, 4.69) is 119 Å². The lowest BCUT2D eigenvalue weighted by Crippen LogP contribution is -2.19. The Morgan fingerprint density at radius 2 is 1.35 bits per heavy atom. The number of hydrogen-bond acceptors (Lipinski definition) is 3. The Labute approximate surface area is 249 Å². The predicted octanol–water partition coefficient (Wildman–Crippen LogP) is 9.59. The zero-order valence-electron chi connectivity index (χ0n) is 23.5. The number of fused-ring (bicyclic) bond motifs is 6. The molecule has 1 N–H and O–H groups in total. The van der Waals surface area contributed by atoms with Crippen LogP contribution in [0.3, 0.4) is 0 Å². The van der Waals surface area contributed by atoms with Crippen molar-refractivity contribution in [2.45, 2.75) is 12.7 Å². The van der Waals surface area contributed by atoms with Crippen LogP contribution in [0.2, 0.25) is 0 Å². The molecule has 1 atom stereocenters. The molecule has 0 aliphatic rings. The van der Waals surface area contributed by atoms with Crippen LogP contribution >= 0.6 is 0 Å². The summed E-state index contributed by atoms with van der Waals surface area (Å²) in [5, 5.41) is 8.32. The van der Waals surface area contributed by atoms with Crippen LogP contribution in [0.25, 0.3) is 49.4 Å². The fourth-order valence-corrected chi connectivity index (χ4v) is 6.07. The third-order valence-electron chi connectivity index (χ3n) is 8.13. The SMILES string of the molecule is C(=N\C(NCc1ccccc1)c1cccc(-n2c3ccccc3c3cc4oc5ccccc5c4cc32)c1)/c1ccccc1. The van der Waals surface area contributed by atoms with Crippen molar-refractivity contribution in [1.29, 1.82) is 0 Å². The van der Waals surface area contributed by atoms with Gasteiger partial charge in [-0.2, -0.15) is 0 Å². The van der Waals surface area contributed by atoms with Gasteiger partial charge in [0, 0.05) is 40.0 Å². The lowest BCUT2D eigenvalue weighted by Gasteiger charge is -2.17. The summed E-state index contributed by atoms with van der Waals surface area (Å²) in [7, 11) is 0. The maximum atomic E-state index is 6.27. The van der Waals surface area contributed by atoms with E-state index in [1.165, 1.54) is 16.3 Å². The lowest BCUT2D eigenvalue weighted by molar-refractivity contribution is 0.556. The summed E-state index contributed by atoms with van der Waals surface area (Å²) in [5.74, 6) is 0. The number of aliphatic imine (C=N–C) groups is 1. The fraction of sp³-hybridized carbons (Fsp3) is 0.0513. The molecule has 4 heteroatoms. The van der Waals surface area contributed by atoms with Crippen molar-refractivity contribution in [3.05, 3.63) is 162 Å². The predicted molar refractivity (Wildman–Crippen MR) is 178 cm³/mol. The number of nitrogens with one attached hydrogen (secondary N) is 1. The normalized spacial score (nSPS) is 12.7. The molecule has 0 saturated heterocycles. The van der Waals surface area contributed by atoms with Crippen LogP contribution in [0.4, 0.5) is 0 Å². The minimum Gasteiger partial charge on any atom is -0.456 e. The Balaban J connectivity index is 1.27. The van der Waals surface area contributed by atoms with E-state index >= 15 is 0 Å². The number of benzene rings is 6. The van der Waals surface area contributed by atoms with Crippen LogP contribution in [-0.2, 0) is 6.54 Å². The highest BCUT2D eigenvalue weighted by molar-refractivity contribution is 6.17. The van der Waals surface area contributed by atoms with Gasteiger partial charge in [-0.1, -0.05) is 109 Å². The molecule has 43 heavy (non-hydrogen) atoms. The second-order valence-electron chi connectivity index (χ2n) is 10.9. The van der Waals surface area contributed by atoms with E-state index in [4.69, 9.17) is 9.41 Å². The topological polar surface area (TPSA) is 42.5 Å². The molecule has 0 aliphatic heterocycles. The largest absolute Gasteiger partial charge is 0.456 e. The first-order valence-electron chi connectivity index (χ1n) is 14.6. The molecule has 2 aromatic heterocycles. The van der Waals surface area contributed by atoms with Gasteiger partial charge >= 0.3 is 0 Å². The number of nitrogens with zero attached hydrogens (tertiary/aromatic N) is 2. The molecule has 0 aliphatic carbocycles. The second kappa shape index (κ2) is 10.8. The molecule has 8 rings (SSSR count). The Morgan fingerprint density at radius 3 is 2.21 bits per heavy atom. The average molecular weight is 556 g/mol. The quantitative estimate of drug-likeness (QED) is 0.199. The molecule has 8 aromatic rings. The van der Waals surface area contributed by atoms with E-state index in [1.54, 1.807) is 0 Å². The second-order valence-corrected chi connectivity index (χ2v) is 10.9. The average Bonchev–Trinajstić information content (AvgIpc) is 3.59. The highest BCUT2D eigenvalue weighted by atomic mass is 16.3. The first-order chi connectivity index (χ1) is 21.3. The van der Waals surface area contributed by atoms with Gasteiger partial charge in [-0.25, -0.2) is 0 Å². The molecule has 0 fully saturated rings. The van der Waals surface area contributed by atoms with Crippen LogP contribution in [0, 0.1) is 0 Å². The third kappa shape index (κ3) is 4.68.